The Morgan fingerprint density at radius 2 is 1.15 bits per heavy atom. The summed E-state index contributed by atoms with van der Waals surface area (Å²) in [5, 5.41) is 3.27. The number of hydrogen-bond acceptors (Lipinski definition) is 6. The summed E-state index contributed by atoms with van der Waals surface area (Å²) >= 11 is 0. The number of fused-ring (bicyclic) bond motifs is 1. The zero-order chi connectivity index (χ0) is 32.2. The molecular formula is C41H29N5O. The molecule has 0 bridgehead atoms. The number of allylic oxidation sites excluding steroid dienone is 1. The minimum absolute atomic E-state index is 0.307. The smallest absolute Gasteiger partial charge is 0.117 e. The predicted molar refractivity (Wildman–Crippen MR) is 194 cm³/mol. The first kappa shape index (κ1) is 29.2. The fraction of sp³-hybridized carbons (Fsp3) is 0. The van der Waals surface area contributed by atoms with Crippen LogP contribution >= 0.6 is 0 Å². The lowest BCUT2D eigenvalue weighted by Crippen LogP contribution is -2.04. The van der Waals surface area contributed by atoms with E-state index in [1.165, 1.54) is 0 Å². The van der Waals surface area contributed by atoms with Gasteiger partial charge in [0.05, 0.1) is 39.5 Å². The van der Waals surface area contributed by atoms with Gasteiger partial charge in [-0.3, -0.25) is 0 Å². The van der Waals surface area contributed by atoms with Crippen molar-refractivity contribution in [2.24, 2.45) is 10.2 Å². The molecule has 0 atom stereocenters. The van der Waals surface area contributed by atoms with Gasteiger partial charge < -0.3 is 5.73 Å². The van der Waals surface area contributed by atoms with Crippen LogP contribution in [0, 0.1) is 4.91 Å². The number of aliphatic imine (C=N–C) groups is 1. The molecule has 7 rings (SSSR count). The van der Waals surface area contributed by atoms with E-state index in [1.54, 1.807) is 12.1 Å². The standard InChI is InChI=1S/C41H29N5O/c1-27(28-13-5-2-6-14-28)39(29-15-7-3-8-16-29)44-37-25-31(21-23-34(37)42)32-22-24-36-38(26-32)45-41(33-19-11-12-20-35(33)46-47)40(43-36)30-17-9-4-10-18-30/h2-26H,1,42H2. The summed E-state index contributed by atoms with van der Waals surface area (Å²) in [5.41, 5.74) is 17.5. The van der Waals surface area contributed by atoms with E-state index in [0.29, 0.717) is 39.5 Å². The van der Waals surface area contributed by atoms with Crippen LogP contribution in [0.1, 0.15) is 11.1 Å². The molecule has 0 aliphatic rings. The van der Waals surface area contributed by atoms with E-state index in [1.807, 2.05) is 140 Å². The molecule has 1 heterocycles. The monoisotopic (exact) mass is 607 g/mol. The number of nitroso groups, excluding NO2 is 1. The molecule has 6 heteroatoms. The van der Waals surface area contributed by atoms with Gasteiger partial charge in [0.15, 0.2) is 0 Å². The number of hydrogen-bond donors (Lipinski definition) is 1. The molecule has 6 nitrogen and oxygen atoms in total. The highest BCUT2D eigenvalue weighted by molar-refractivity contribution is 6.32. The average Bonchev–Trinajstić information content (AvgIpc) is 3.14. The minimum Gasteiger partial charge on any atom is -0.397 e. The Hall–Kier alpha value is -6.53. The molecule has 0 saturated heterocycles. The van der Waals surface area contributed by atoms with Crippen molar-refractivity contribution in [1.82, 2.24) is 9.97 Å². The Bertz CT molecular complexity index is 2280. The first-order valence-electron chi connectivity index (χ1n) is 15.2. The summed E-state index contributed by atoms with van der Waals surface area (Å²) in [4.78, 5) is 27.0. The molecule has 224 valence electrons. The van der Waals surface area contributed by atoms with Gasteiger partial charge in [0.25, 0.3) is 0 Å². The van der Waals surface area contributed by atoms with Gasteiger partial charge in [-0.25, -0.2) is 15.0 Å². The fourth-order valence-corrected chi connectivity index (χ4v) is 5.59. The van der Waals surface area contributed by atoms with Crippen LogP contribution in [0.25, 0.3) is 50.2 Å². The number of anilines is 1. The second-order valence-corrected chi connectivity index (χ2v) is 11.0. The SMILES string of the molecule is C=C(C(=Nc1cc(-c2ccc3nc(-c4ccccc4)c(-c4ccccc4N=O)nc3c2)ccc1N)c1ccccc1)c1ccccc1. The van der Waals surface area contributed by atoms with Crippen LogP contribution in [-0.2, 0) is 0 Å². The lowest BCUT2D eigenvalue weighted by Gasteiger charge is -2.14. The Morgan fingerprint density at radius 1 is 0.553 bits per heavy atom. The summed E-state index contributed by atoms with van der Waals surface area (Å²) in [6.45, 7) is 4.40. The Kier molecular flexibility index (Phi) is 7.97. The van der Waals surface area contributed by atoms with Gasteiger partial charge in [-0.2, -0.15) is 0 Å². The first-order chi connectivity index (χ1) is 23.1. The van der Waals surface area contributed by atoms with E-state index < -0.39 is 0 Å². The van der Waals surface area contributed by atoms with Crippen molar-refractivity contribution in [3.63, 3.8) is 0 Å². The molecule has 7 aromatic rings. The molecule has 0 fully saturated rings. The van der Waals surface area contributed by atoms with E-state index in [2.05, 4.69) is 11.8 Å². The number of nitrogens with zero attached hydrogens (tertiary/aromatic N) is 4. The highest BCUT2D eigenvalue weighted by Crippen LogP contribution is 2.38. The molecular weight excluding hydrogens is 578 g/mol. The summed E-state index contributed by atoms with van der Waals surface area (Å²) in [7, 11) is 0. The maximum absolute atomic E-state index is 11.8. The molecule has 47 heavy (non-hydrogen) atoms. The summed E-state index contributed by atoms with van der Waals surface area (Å²) in [6.07, 6.45) is 0. The molecule has 0 radical (unpaired) electrons. The lowest BCUT2D eigenvalue weighted by atomic mass is 9.97. The van der Waals surface area contributed by atoms with Crippen LogP contribution in [-0.4, -0.2) is 15.7 Å². The van der Waals surface area contributed by atoms with Crippen LogP contribution < -0.4 is 5.73 Å². The van der Waals surface area contributed by atoms with E-state index in [0.717, 1.165) is 44.6 Å². The van der Waals surface area contributed by atoms with Crippen molar-refractivity contribution in [1.29, 1.82) is 0 Å². The first-order valence-corrected chi connectivity index (χ1v) is 15.2. The molecule has 0 unspecified atom stereocenters. The molecule has 0 spiro atoms. The second-order valence-electron chi connectivity index (χ2n) is 11.0. The van der Waals surface area contributed by atoms with Gasteiger partial charge in [0.2, 0.25) is 0 Å². The van der Waals surface area contributed by atoms with Crippen LogP contribution in [0.4, 0.5) is 17.1 Å². The van der Waals surface area contributed by atoms with E-state index in [-0.39, 0.29) is 0 Å². The van der Waals surface area contributed by atoms with E-state index >= 15 is 0 Å². The van der Waals surface area contributed by atoms with Crippen molar-refractivity contribution in [2.45, 2.75) is 0 Å². The molecule has 0 aliphatic heterocycles. The van der Waals surface area contributed by atoms with Crippen molar-refractivity contribution in [2.75, 3.05) is 5.73 Å². The van der Waals surface area contributed by atoms with Crippen molar-refractivity contribution < 1.29 is 0 Å². The maximum Gasteiger partial charge on any atom is 0.117 e. The lowest BCUT2D eigenvalue weighted by molar-refractivity contribution is 1.29. The van der Waals surface area contributed by atoms with Gasteiger partial charge >= 0.3 is 0 Å². The number of nitrogen functional groups attached to an aromatic ring is 1. The van der Waals surface area contributed by atoms with Crippen LogP contribution in [0.2, 0.25) is 0 Å². The van der Waals surface area contributed by atoms with Gasteiger partial charge in [0, 0.05) is 22.3 Å². The van der Waals surface area contributed by atoms with Crippen molar-refractivity contribution >= 4 is 39.4 Å². The minimum atomic E-state index is 0.307. The van der Waals surface area contributed by atoms with E-state index in [9.17, 15) is 4.91 Å². The van der Waals surface area contributed by atoms with E-state index in [4.69, 9.17) is 20.7 Å². The average molecular weight is 608 g/mol. The van der Waals surface area contributed by atoms with Crippen LogP contribution in [0.3, 0.4) is 0 Å². The Labute approximate surface area is 272 Å². The topological polar surface area (TPSA) is 93.6 Å². The quantitative estimate of drug-likeness (QED) is 0.106. The normalized spacial score (nSPS) is 11.4. The molecule has 6 aromatic carbocycles. The third-order valence-corrected chi connectivity index (χ3v) is 8.02. The predicted octanol–water partition coefficient (Wildman–Crippen LogP) is 10.4. The van der Waals surface area contributed by atoms with Crippen molar-refractivity contribution in [3.8, 4) is 33.6 Å². The third-order valence-electron chi connectivity index (χ3n) is 8.02. The fourth-order valence-electron chi connectivity index (χ4n) is 5.59. The molecule has 0 aliphatic carbocycles. The molecule has 0 amide bonds. The highest BCUT2D eigenvalue weighted by Gasteiger charge is 2.17. The maximum atomic E-state index is 11.8. The number of benzene rings is 6. The number of rotatable bonds is 8. The zero-order valence-electron chi connectivity index (χ0n) is 25.4. The number of nitrogens with two attached hydrogens (primary N) is 1. The van der Waals surface area contributed by atoms with Crippen LogP contribution in [0.15, 0.2) is 168 Å². The summed E-state index contributed by atoms with van der Waals surface area (Å²) in [5.74, 6) is 0. The largest absolute Gasteiger partial charge is 0.397 e. The molecule has 1 aromatic heterocycles. The zero-order valence-corrected chi connectivity index (χ0v) is 25.4. The van der Waals surface area contributed by atoms with Crippen molar-refractivity contribution in [3.05, 3.63) is 174 Å². The van der Waals surface area contributed by atoms with Gasteiger partial charge in [-0.1, -0.05) is 128 Å². The number of aromatic nitrogens is 2. The van der Waals surface area contributed by atoms with Gasteiger partial charge in [0.1, 0.15) is 5.69 Å². The Balaban J connectivity index is 1.36. The summed E-state index contributed by atoms with van der Waals surface area (Å²) in [6, 6.07) is 48.8. The summed E-state index contributed by atoms with van der Waals surface area (Å²) < 4.78 is 0. The molecule has 2 N–H and O–H groups in total. The van der Waals surface area contributed by atoms with Crippen LogP contribution in [0.5, 0.6) is 0 Å². The van der Waals surface area contributed by atoms with Gasteiger partial charge in [-0.15, -0.1) is 4.91 Å². The van der Waals surface area contributed by atoms with Gasteiger partial charge in [-0.05, 0) is 52.2 Å². The highest BCUT2D eigenvalue weighted by atomic mass is 16.3. The Morgan fingerprint density at radius 3 is 1.87 bits per heavy atom. The second kappa shape index (κ2) is 12.8. The third kappa shape index (κ3) is 5.95. The molecule has 0 saturated carbocycles.